The summed E-state index contributed by atoms with van der Waals surface area (Å²) in [5.74, 6) is -3.31. The van der Waals surface area contributed by atoms with Gasteiger partial charge in [0.25, 0.3) is 0 Å². The third-order valence-corrected chi connectivity index (χ3v) is 2.72. The summed E-state index contributed by atoms with van der Waals surface area (Å²) >= 11 is 0. The normalized spacial score (nSPS) is 15.9. The Morgan fingerprint density at radius 2 is 1.76 bits per heavy atom. The van der Waals surface area contributed by atoms with Crippen LogP contribution in [-0.4, -0.2) is 41.3 Å². The lowest BCUT2D eigenvalue weighted by Gasteiger charge is -2.37. The first-order valence-corrected chi connectivity index (χ1v) is 6.38. The Labute approximate surface area is 123 Å². The van der Waals surface area contributed by atoms with Crippen molar-refractivity contribution in [2.24, 2.45) is 0 Å². The lowest BCUT2D eigenvalue weighted by atomic mass is 9.97. The maximum Gasteiger partial charge on any atom is 0.340 e. The van der Waals surface area contributed by atoms with Crippen LogP contribution in [-0.2, 0) is 20.1 Å². The van der Waals surface area contributed by atoms with Gasteiger partial charge in [-0.25, -0.2) is 4.79 Å². The zero-order valence-electron chi connectivity index (χ0n) is 12.5. The Morgan fingerprint density at radius 1 is 1.24 bits per heavy atom. The summed E-state index contributed by atoms with van der Waals surface area (Å²) in [5, 5.41) is 20.8. The van der Waals surface area contributed by atoms with Crippen molar-refractivity contribution in [3.8, 4) is 0 Å². The average molecular weight is 296 g/mol. The number of hydrogen-bond donors (Lipinski definition) is 2. The minimum Gasteiger partial charge on any atom is -0.467 e. The van der Waals surface area contributed by atoms with E-state index >= 15 is 0 Å². The van der Waals surface area contributed by atoms with Gasteiger partial charge in [0.15, 0.2) is 0 Å². The molecule has 1 aromatic carbocycles. The average Bonchev–Trinajstić information content (AvgIpc) is 2.43. The zero-order chi connectivity index (χ0) is 16.3. The Kier molecular flexibility index (Phi) is 5.22. The molecule has 1 rings (SSSR count). The molecular weight excluding hydrogens is 276 g/mol. The summed E-state index contributed by atoms with van der Waals surface area (Å²) in [4.78, 5) is 22.2. The lowest BCUT2D eigenvalue weighted by Crippen LogP contribution is -2.50. The van der Waals surface area contributed by atoms with Crippen molar-refractivity contribution in [1.29, 1.82) is 0 Å². The Bertz CT molecular complexity index is 502. The summed E-state index contributed by atoms with van der Waals surface area (Å²) in [6.07, 6.45) is -1.28. The molecule has 0 aliphatic carbocycles. The maximum absolute atomic E-state index is 11.6. The van der Waals surface area contributed by atoms with Crippen molar-refractivity contribution < 1.29 is 29.3 Å². The van der Waals surface area contributed by atoms with E-state index in [1.165, 1.54) is 24.3 Å². The number of aldehydes is 1. The van der Waals surface area contributed by atoms with Crippen LogP contribution in [0.15, 0.2) is 24.3 Å². The van der Waals surface area contributed by atoms with E-state index < -0.39 is 23.5 Å². The third kappa shape index (κ3) is 4.10. The molecule has 21 heavy (non-hydrogen) atoms. The van der Waals surface area contributed by atoms with Crippen LogP contribution < -0.4 is 0 Å². The molecule has 2 unspecified atom stereocenters. The number of carbonyl (C=O) groups excluding carboxylic acids is 2. The molecule has 116 valence electrons. The molecule has 0 aliphatic rings. The highest BCUT2D eigenvalue weighted by molar-refractivity contribution is 5.76. The molecule has 1 aromatic rings. The van der Waals surface area contributed by atoms with E-state index in [0.717, 1.165) is 7.11 Å². The van der Waals surface area contributed by atoms with Crippen molar-refractivity contribution in [3.63, 3.8) is 0 Å². The molecule has 0 saturated heterocycles. The fraction of sp³-hybridized carbons (Fsp3) is 0.467. The monoisotopic (exact) mass is 296 g/mol. The zero-order valence-corrected chi connectivity index (χ0v) is 12.5. The predicted octanol–water partition coefficient (Wildman–Crippen LogP) is 0.993. The summed E-state index contributed by atoms with van der Waals surface area (Å²) < 4.78 is 9.94. The molecule has 0 radical (unpaired) electrons. The van der Waals surface area contributed by atoms with Crippen molar-refractivity contribution >= 4 is 12.3 Å². The van der Waals surface area contributed by atoms with Gasteiger partial charge in [-0.05, 0) is 20.8 Å². The second-order valence-electron chi connectivity index (χ2n) is 5.58. The van der Waals surface area contributed by atoms with E-state index in [1.54, 1.807) is 20.8 Å². The van der Waals surface area contributed by atoms with Gasteiger partial charge in [-0.3, -0.25) is 4.79 Å². The first-order valence-electron chi connectivity index (χ1n) is 6.38. The topological polar surface area (TPSA) is 93.1 Å². The second-order valence-corrected chi connectivity index (χ2v) is 5.58. The van der Waals surface area contributed by atoms with Gasteiger partial charge >= 0.3 is 5.97 Å². The summed E-state index contributed by atoms with van der Waals surface area (Å²) in [6, 6.07) is 5.70. The minimum absolute atomic E-state index is 0.140. The SMILES string of the molecule is COC(=O)C(O)C(O)(OC(C)(C)C)c1ccc(C=O)cc1. The quantitative estimate of drug-likeness (QED) is 0.478. The van der Waals surface area contributed by atoms with Gasteiger partial charge in [-0.15, -0.1) is 0 Å². The van der Waals surface area contributed by atoms with Gasteiger partial charge in [0.1, 0.15) is 6.29 Å². The summed E-state index contributed by atoms with van der Waals surface area (Å²) in [6.45, 7) is 5.01. The Balaban J connectivity index is 3.28. The van der Waals surface area contributed by atoms with Crippen LogP contribution in [0.3, 0.4) is 0 Å². The highest BCUT2D eigenvalue weighted by Gasteiger charge is 2.46. The molecule has 0 bridgehead atoms. The number of methoxy groups -OCH3 is 1. The number of rotatable bonds is 5. The number of esters is 1. The van der Waals surface area contributed by atoms with Gasteiger partial charge < -0.3 is 19.7 Å². The van der Waals surface area contributed by atoms with Crippen LogP contribution >= 0.6 is 0 Å². The van der Waals surface area contributed by atoms with Crippen molar-refractivity contribution in [3.05, 3.63) is 35.4 Å². The maximum atomic E-state index is 11.6. The van der Waals surface area contributed by atoms with Crippen LogP contribution in [0.5, 0.6) is 0 Å². The van der Waals surface area contributed by atoms with Gasteiger partial charge in [-0.1, -0.05) is 24.3 Å². The van der Waals surface area contributed by atoms with E-state index in [-0.39, 0.29) is 5.56 Å². The van der Waals surface area contributed by atoms with Crippen LogP contribution in [0.4, 0.5) is 0 Å². The predicted molar refractivity (Wildman–Crippen MR) is 74.6 cm³/mol. The molecule has 6 nitrogen and oxygen atoms in total. The van der Waals surface area contributed by atoms with Crippen LogP contribution in [0.1, 0.15) is 36.7 Å². The van der Waals surface area contributed by atoms with Crippen molar-refractivity contribution in [1.82, 2.24) is 0 Å². The smallest absolute Gasteiger partial charge is 0.340 e. The first kappa shape index (κ1) is 17.3. The standard InChI is InChI=1S/C15H20O6/c1-14(2,3)21-15(19,12(17)13(18)20-4)11-7-5-10(9-16)6-8-11/h5-9,12,17,19H,1-4H3. The minimum atomic E-state index is -2.28. The van der Waals surface area contributed by atoms with Crippen molar-refractivity contribution in [2.45, 2.75) is 38.3 Å². The van der Waals surface area contributed by atoms with E-state index in [9.17, 15) is 19.8 Å². The van der Waals surface area contributed by atoms with Crippen LogP contribution in [0.25, 0.3) is 0 Å². The molecule has 0 spiro atoms. The summed E-state index contributed by atoms with van der Waals surface area (Å²) in [5.41, 5.74) is -0.307. The number of aliphatic hydroxyl groups is 2. The molecule has 2 atom stereocenters. The highest BCUT2D eigenvalue weighted by atomic mass is 16.7. The number of aliphatic hydroxyl groups excluding tert-OH is 1. The van der Waals surface area contributed by atoms with Gasteiger partial charge in [0.05, 0.1) is 12.7 Å². The molecular formula is C15H20O6. The van der Waals surface area contributed by atoms with Crippen LogP contribution in [0, 0.1) is 0 Å². The van der Waals surface area contributed by atoms with E-state index in [4.69, 9.17) is 4.74 Å². The molecule has 0 heterocycles. The third-order valence-electron chi connectivity index (χ3n) is 2.72. The Hall–Kier alpha value is -1.76. The molecule has 0 amide bonds. The molecule has 2 N–H and O–H groups in total. The molecule has 0 fully saturated rings. The summed E-state index contributed by atoms with van der Waals surface area (Å²) in [7, 11) is 1.10. The number of ether oxygens (including phenoxy) is 2. The molecule has 0 aromatic heterocycles. The second kappa shape index (κ2) is 6.34. The molecule has 0 saturated carbocycles. The molecule has 6 heteroatoms. The highest BCUT2D eigenvalue weighted by Crippen LogP contribution is 2.32. The number of benzene rings is 1. The first-order chi connectivity index (χ1) is 9.64. The fourth-order valence-corrected chi connectivity index (χ4v) is 1.81. The van der Waals surface area contributed by atoms with Crippen molar-refractivity contribution in [2.75, 3.05) is 7.11 Å². The largest absolute Gasteiger partial charge is 0.467 e. The van der Waals surface area contributed by atoms with E-state index in [2.05, 4.69) is 4.74 Å². The van der Waals surface area contributed by atoms with Crippen LogP contribution in [0.2, 0.25) is 0 Å². The fourth-order valence-electron chi connectivity index (χ4n) is 1.81. The van der Waals surface area contributed by atoms with E-state index in [0.29, 0.717) is 11.8 Å². The van der Waals surface area contributed by atoms with Gasteiger partial charge in [-0.2, -0.15) is 0 Å². The van der Waals surface area contributed by atoms with Gasteiger partial charge in [0, 0.05) is 11.1 Å². The molecule has 0 aliphatic heterocycles. The van der Waals surface area contributed by atoms with E-state index in [1.807, 2.05) is 0 Å². The number of carbonyl (C=O) groups is 2. The van der Waals surface area contributed by atoms with Gasteiger partial charge in [0.2, 0.25) is 11.9 Å². The Morgan fingerprint density at radius 3 is 2.14 bits per heavy atom. The number of hydrogen-bond acceptors (Lipinski definition) is 6. The lowest BCUT2D eigenvalue weighted by molar-refractivity contribution is -0.301.